The van der Waals surface area contributed by atoms with E-state index in [-0.39, 0.29) is 11.2 Å². The fraction of sp³-hybridized carbons (Fsp3) is 0.667. The second-order valence-electron chi connectivity index (χ2n) is 5.67. The molecule has 2 heterocycles. The van der Waals surface area contributed by atoms with Crippen molar-refractivity contribution in [3.05, 3.63) is 28.7 Å². The van der Waals surface area contributed by atoms with Crippen molar-refractivity contribution in [2.75, 3.05) is 0 Å². The van der Waals surface area contributed by atoms with Crippen molar-refractivity contribution in [3.63, 3.8) is 0 Å². The van der Waals surface area contributed by atoms with Crippen molar-refractivity contribution in [2.45, 2.75) is 49.7 Å². The van der Waals surface area contributed by atoms with Gasteiger partial charge in [0.25, 0.3) is 0 Å². The molecule has 0 radical (unpaired) electrons. The van der Waals surface area contributed by atoms with Crippen molar-refractivity contribution < 1.29 is 9.58 Å². The molecule has 0 N–H and O–H groups in total. The molecule has 4 rings (SSSR count). The lowest BCUT2D eigenvalue weighted by Gasteiger charge is -2.12. The number of epoxide rings is 1. The van der Waals surface area contributed by atoms with E-state index in [1.54, 1.807) is 12.4 Å². The van der Waals surface area contributed by atoms with Crippen molar-refractivity contribution in [1.82, 2.24) is 5.10 Å². The molecule has 3 atom stereocenters. The Morgan fingerprint density at radius 2 is 2.00 bits per heavy atom. The van der Waals surface area contributed by atoms with Gasteiger partial charge in [-0.1, -0.05) is 4.85 Å². The Morgan fingerprint density at radius 1 is 1.38 bits per heavy atom. The molecule has 2 fully saturated rings. The van der Waals surface area contributed by atoms with Crippen LogP contribution in [0, 0.1) is 5.21 Å². The minimum atomic E-state index is -0.0361. The van der Waals surface area contributed by atoms with E-state index < -0.39 is 0 Å². The summed E-state index contributed by atoms with van der Waals surface area (Å²) in [5, 5.41) is 15.1. The van der Waals surface area contributed by atoms with Crippen LogP contribution in [0.1, 0.15) is 49.7 Å². The molecule has 1 aromatic rings. The molecule has 2 bridgehead atoms. The molecule has 2 aliphatic carbocycles. The van der Waals surface area contributed by atoms with E-state index >= 15 is 0 Å². The zero-order valence-corrected chi connectivity index (χ0v) is 9.43. The first-order chi connectivity index (χ1) is 7.56. The van der Waals surface area contributed by atoms with Crippen LogP contribution in [0.4, 0.5) is 0 Å². The second kappa shape index (κ2) is 2.25. The summed E-state index contributed by atoms with van der Waals surface area (Å²) < 4.78 is 6.02. The normalized spacial score (nSPS) is 41.4. The average Bonchev–Trinajstić information content (AvgIpc) is 2.53. The first-order valence-electron chi connectivity index (χ1n) is 5.86. The Morgan fingerprint density at radius 3 is 2.62 bits per heavy atom. The topological polar surface area (TPSA) is 52.4 Å². The maximum atomic E-state index is 11.3. The standard InChI is InChI=1S/C12H14N2O2/c1-11(2)12(16-11)9-3-4-10(12)8-6-14(15)13-5-7(8)9/h5-6,9-10H,3-4H2,1-2H3/t9-,10+,12+/m1/s1. The van der Waals surface area contributed by atoms with Crippen LogP contribution >= 0.6 is 0 Å². The number of nitrogens with zero attached hydrogens (tertiary/aromatic N) is 2. The Hall–Kier alpha value is -1.16. The van der Waals surface area contributed by atoms with Crippen LogP contribution in [0.15, 0.2) is 12.4 Å². The van der Waals surface area contributed by atoms with Crippen LogP contribution in [0.2, 0.25) is 0 Å². The van der Waals surface area contributed by atoms with E-state index in [4.69, 9.17) is 4.74 Å². The van der Waals surface area contributed by atoms with Gasteiger partial charge in [0.05, 0.1) is 11.8 Å². The van der Waals surface area contributed by atoms with Gasteiger partial charge in [0.2, 0.25) is 6.20 Å². The van der Waals surface area contributed by atoms with Crippen LogP contribution < -0.4 is 4.85 Å². The molecule has 1 aliphatic heterocycles. The van der Waals surface area contributed by atoms with Gasteiger partial charge in [0, 0.05) is 22.5 Å². The molecule has 1 saturated heterocycles. The van der Waals surface area contributed by atoms with Crippen molar-refractivity contribution >= 4 is 0 Å². The largest absolute Gasteiger partial charge is 0.594 e. The Kier molecular flexibility index (Phi) is 1.26. The van der Waals surface area contributed by atoms with Crippen LogP contribution in [0.5, 0.6) is 0 Å². The fourth-order valence-electron chi connectivity index (χ4n) is 4.16. The lowest BCUT2D eigenvalue weighted by atomic mass is 9.85. The molecule has 16 heavy (non-hydrogen) atoms. The van der Waals surface area contributed by atoms with Crippen LogP contribution in [0.3, 0.4) is 0 Å². The van der Waals surface area contributed by atoms with Gasteiger partial charge < -0.3 is 9.94 Å². The van der Waals surface area contributed by atoms with E-state index in [0.29, 0.717) is 16.7 Å². The smallest absolute Gasteiger partial charge is 0.213 e. The molecule has 4 heteroatoms. The summed E-state index contributed by atoms with van der Waals surface area (Å²) >= 11 is 0. The van der Waals surface area contributed by atoms with E-state index in [0.717, 1.165) is 6.42 Å². The van der Waals surface area contributed by atoms with Gasteiger partial charge in [0.1, 0.15) is 5.60 Å². The molecular weight excluding hydrogens is 204 g/mol. The van der Waals surface area contributed by atoms with Gasteiger partial charge in [0.15, 0.2) is 0 Å². The number of hydrogen-bond donors (Lipinski definition) is 0. The first-order valence-corrected chi connectivity index (χ1v) is 5.86. The van der Waals surface area contributed by atoms with Gasteiger partial charge in [-0.2, -0.15) is 0 Å². The van der Waals surface area contributed by atoms with Gasteiger partial charge in [-0.15, -0.1) is 0 Å². The van der Waals surface area contributed by atoms with Crippen molar-refractivity contribution in [3.8, 4) is 0 Å². The fourth-order valence-corrected chi connectivity index (χ4v) is 4.16. The van der Waals surface area contributed by atoms with Crippen LogP contribution in [-0.4, -0.2) is 16.3 Å². The molecule has 0 amide bonds. The molecule has 1 aromatic heterocycles. The zero-order valence-electron chi connectivity index (χ0n) is 9.43. The number of ether oxygens (including phenoxy) is 1. The Bertz CT molecular complexity index is 500. The number of rotatable bonds is 0. The SMILES string of the molecule is CC1(C)O[C@]12[C@@H]1CC[C@H]2c2c[n+]([O-])ncc21. The summed E-state index contributed by atoms with van der Waals surface area (Å²) in [5.41, 5.74) is 2.36. The predicted octanol–water partition coefficient (Wildman–Crippen LogP) is 1.24. The molecule has 0 aromatic carbocycles. The summed E-state index contributed by atoms with van der Waals surface area (Å²) in [5.74, 6) is 0.863. The highest BCUT2D eigenvalue weighted by atomic mass is 16.6. The molecule has 3 aliphatic rings. The minimum absolute atomic E-state index is 0.0225. The lowest BCUT2D eigenvalue weighted by molar-refractivity contribution is -0.669. The van der Waals surface area contributed by atoms with Gasteiger partial charge >= 0.3 is 0 Å². The van der Waals surface area contributed by atoms with Crippen molar-refractivity contribution in [1.29, 1.82) is 0 Å². The second-order valence-corrected chi connectivity index (χ2v) is 5.67. The molecule has 84 valence electrons. The quantitative estimate of drug-likeness (QED) is 0.374. The highest BCUT2D eigenvalue weighted by Gasteiger charge is 2.77. The molecule has 4 nitrogen and oxygen atoms in total. The number of fused-ring (bicyclic) bond motifs is 3. The summed E-state index contributed by atoms with van der Waals surface area (Å²) in [6.45, 7) is 4.31. The predicted molar refractivity (Wildman–Crippen MR) is 55.8 cm³/mol. The maximum Gasteiger partial charge on any atom is 0.213 e. The van der Waals surface area contributed by atoms with Gasteiger partial charge in [-0.25, -0.2) is 0 Å². The lowest BCUT2D eigenvalue weighted by Crippen LogP contribution is -2.31. The van der Waals surface area contributed by atoms with E-state index in [2.05, 4.69) is 18.9 Å². The van der Waals surface area contributed by atoms with E-state index in [1.165, 1.54) is 17.5 Å². The molecular formula is C12H14N2O2. The third-order valence-corrected chi connectivity index (χ3v) is 4.75. The first kappa shape index (κ1) is 8.93. The average molecular weight is 218 g/mol. The summed E-state index contributed by atoms with van der Waals surface area (Å²) in [6, 6.07) is 0. The molecule has 1 saturated carbocycles. The molecule has 1 spiro atoms. The van der Waals surface area contributed by atoms with Gasteiger partial charge in [-0.3, -0.25) is 0 Å². The summed E-state index contributed by atoms with van der Waals surface area (Å²) in [6.07, 6.45) is 5.70. The van der Waals surface area contributed by atoms with Crippen LogP contribution in [-0.2, 0) is 4.74 Å². The highest BCUT2D eigenvalue weighted by molar-refractivity contribution is 5.49. The maximum absolute atomic E-state index is 11.3. The minimum Gasteiger partial charge on any atom is -0.594 e. The highest BCUT2D eigenvalue weighted by Crippen LogP contribution is 2.73. The van der Waals surface area contributed by atoms with Crippen LogP contribution in [0.25, 0.3) is 0 Å². The van der Waals surface area contributed by atoms with Gasteiger partial charge in [-0.05, 0) is 32.3 Å². The third-order valence-electron chi connectivity index (χ3n) is 4.75. The third kappa shape index (κ3) is 0.725. The zero-order chi connectivity index (χ0) is 11.1. The number of hydrogen-bond acceptors (Lipinski definition) is 3. The van der Waals surface area contributed by atoms with Crippen molar-refractivity contribution in [2.24, 2.45) is 0 Å². The van der Waals surface area contributed by atoms with E-state index in [1.807, 2.05) is 0 Å². The Balaban J connectivity index is 1.92. The summed E-state index contributed by atoms with van der Waals surface area (Å²) in [7, 11) is 0. The summed E-state index contributed by atoms with van der Waals surface area (Å²) in [4.78, 5) is 0.669. The van der Waals surface area contributed by atoms with E-state index in [9.17, 15) is 5.21 Å². The Labute approximate surface area is 93.8 Å². The number of aromatic nitrogens is 2. The monoisotopic (exact) mass is 218 g/mol. The molecule has 0 unspecified atom stereocenters.